The molecular formula is C15H18N4O6S. The van der Waals surface area contributed by atoms with Crippen LogP contribution in [0.3, 0.4) is 0 Å². The number of rotatable bonds is 5. The average molecular weight is 382 g/mol. The van der Waals surface area contributed by atoms with Gasteiger partial charge in [0.15, 0.2) is 17.1 Å². The first-order valence-electron chi connectivity index (χ1n) is 7.71. The molecule has 0 aliphatic carbocycles. The predicted octanol–water partition coefficient (Wildman–Crippen LogP) is 0.374. The van der Waals surface area contributed by atoms with Gasteiger partial charge in [-0.3, -0.25) is 0 Å². The van der Waals surface area contributed by atoms with Gasteiger partial charge in [-0.25, -0.2) is 9.93 Å². The van der Waals surface area contributed by atoms with E-state index >= 15 is 0 Å². The van der Waals surface area contributed by atoms with Gasteiger partial charge in [0.05, 0.1) is 7.11 Å². The number of hydrogen-bond acceptors (Lipinski definition) is 7. The Balaban J connectivity index is 1.90. The zero-order valence-corrected chi connectivity index (χ0v) is 14.8. The summed E-state index contributed by atoms with van der Waals surface area (Å²) in [5, 5.41) is 18.7. The second kappa shape index (κ2) is 6.94. The number of anilines is 1. The summed E-state index contributed by atoms with van der Waals surface area (Å²) in [5.74, 6) is -0.258. The van der Waals surface area contributed by atoms with E-state index in [0.717, 1.165) is 4.31 Å². The number of benzene rings is 1. The van der Waals surface area contributed by atoms with Gasteiger partial charge < -0.3 is 19.3 Å². The highest BCUT2D eigenvalue weighted by Crippen LogP contribution is 2.32. The lowest BCUT2D eigenvalue weighted by Gasteiger charge is -2.32. The molecular weight excluding hydrogens is 364 g/mol. The van der Waals surface area contributed by atoms with E-state index in [0.29, 0.717) is 11.3 Å². The van der Waals surface area contributed by atoms with E-state index in [9.17, 15) is 18.3 Å². The molecule has 1 fully saturated rings. The summed E-state index contributed by atoms with van der Waals surface area (Å²) < 4.78 is 34.3. The Morgan fingerprint density at radius 1 is 1.23 bits per heavy atom. The quantitative estimate of drug-likeness (QED) is 0.756. The first-order chi connectivity index (χ1) is 12.3. The van der Waals surface area contributed by atoms with Crippen molar-refractivity contribution in [2.45, 2.75) is 0 Å². The van der Waals surface area contributed by atoms with Gasteiger partial charge in [-0.15, -0.1) is 0 Å². The number of nitrogens with zero attached hydrogens (tertiary/aromatic N) is 3. The third-order valence-corrected chi connectivity index (χ3v) is 5.22. The topological polar surface area (TPSA) is 139 Å². The number of piperazine rings is 1. The number of carbonyl (C=O) groups is 1. The van der Waals surface area contributed by atoms with Gasteiger partial charge in [-0.2, -0.15) is 12.7 Å². The Kier molecular flexibility index (Phi) is 4.85. The van der Waals surface area contributed by atoms with Crippen molar-refractivity contribution in [1.29, 1.82) is 0 Å². The standard InChI is InChI=1S/C15H18N4O6S/c1-24-11-4-2-10(3-5-11)13-12(15(20)21)14(17-25-13)18-6-8-19(9-7-18)26(16,22)23/h2-5H,6-9H2,1H3,(H,20,21)(H2,16,22,23). The van der Waals surface area contributed by atoms with Crippen LogP contribution in [0.4, 0.5) is 5.82 Å². The molecule has 0 bridgehead atoms. The number of nitrogens with two attached hydrogens (primary N) is 1. The maximum absolute atomic E-state index is 11.8. The molecule has 2 aromatic rings. The van der Waals surface area contributed by atoms with Crippen LogP contribution in [0.5, 0.6) is 5.75 Å². The zero-order chi connectivity index (χ0) is 18.9. The summed E-state index contributed by atoms with van der Waals surface area (Å²) in [6, 6.07) is 6.73. The van der Waals surface area contributed by atoms with Crippen molar-refractivity contribution < 1.29 is 27.6 Å². The minimum atomic E-state index is -3.77. The van der Waals surface area contributed by atoms with Crippen LogP contribution < -0.4 is 14.8 Å². The van der Waals surface area contributed by atoms with Crippen LogP contribution in [0.2, 0.25) is 0 Å². The molecule has 0 radical (unpaired) electrons. The van der Waals surface area contributed by atoms with Gasteiger partial charge in [0.1, 0.15) is 5.75 Å². The van der Waals surface area contributed by atoms with Gasteiger partial charge in [0, 0.05) is 31.7 Å². The minimum absolute atomic E-state index is 0.0702. The molecule has 0 spiro atoms. The largest absolute Gasteiger partial charge is 0.497 e. The van der Waals surface area contributed by atoms with Crippen LogP contribution in [0.1, 0.15) is 10.4 Å². The molecule has 0 amide bonds. The van der Waals surface area contributed by atoms with Gasteiger partial charge in [-0.1, -0.05) is 5.16 Å². The third kappa shape index (κ3) is 3.49. The van der Waals surface area contributed by atoms with E-state index < -0.39 is 16.2 Å². The monoisotopic (exact) mass is 382 g/mol. The van der Waals surface area contributed by atoms with Crippen molar-refractivity contribution in [2.24, 2.45) is 5.14 Å². The summed E-state index contributed by atoms with van der Waals surface area (Å²) >= 11 is 0. The third-order valence-electron chi connectivity index (χ3n) is 4.14. The second-order valence-corrected chi connectivity index (χ2v) is 7.22. The average Bonchev–Trinajstić information content (AvgIpc) is 3.06. The molecule has 3 rings (SSSR count). The molecule has 11 heteroatoms. The van der Waals surface area contributed by atoms with Gasteiger partial charge >= 0.3 is 5.97 Å². The van der Waals surface area contributed by atoms with Gasteiger partial charge in [0.25, 0.3) is 10.2 Å². The zero-order valence-electron chi connectivity index (χ0n) is 14.0. The molecule has 0 unspecified atom stereocenters. The molecule has 1 aromatic heterocycles. The number of aromatic carboxylic acids is 1. The summed E-state index contributed by atoms with van der Waals surface area (Å²) in [4.78, 5) is 13.5. The minimum Gasteiger partial charge on any atom is -0.497 e. The van der Waals surface area contributed by atoms with Crippen LogP contribution in [-0.4, -0.2) is 62.2 Å². The Bertz CT molecular complexity index is 901. The smallest absolute Gasteiger partial charge is 0.343 e. The molecule has 2 heterocycles. The Hall–Kier alpha value is -2.63. The maximum Gasteiger partial charge on any atom is 0.343 e. The van der Waals surface area contributed by atoms with Crippen LogP contribution >= 0.6 is 0 Å². The van der Waals surface area contributed by atoms with Crippen LogP contribution in [0.25, 0.3) is 11.3 Å². The molecule has 0 atom stereocenters. The normalized spacial score (nSPS) is 15.8. The molecule has 1 saturated heterocycles. The maximum atomic E-state index is 11.8. The molecule has 26 heavy (non-hydrogen) atoms. The summed E-state index contributed by atoms with van der Waals surface area (Å²) in [6.45, 7) is 0.793. The van der Waals surface area contributed by atoms with E-state index in [1.165, 1.54) is 7.11 Å². The van der Waals surface area contributed by atoms with Crippen molar-refractivity contribution >= 4 is 22.0 Å². The molecule has 1 aliphatic heterocycles. The van der Waals surface area contributed by atoms with Crippen molar-refractivity contribution in [2.75, 3.05) is 38.2 Å². The fourth-order valence-corrected chi connectivity index (χ4v) is 3.46. The molecule has 3 N–H and O–H groups in total. The highest BCUT2D eigenvalue weighted by molar-refractivity contribution is 7.86. The van der Waals surface area contributed by atoms with E-state index in [1.54, 1.807) is 29.2 Å². The van der Waals surface area contributed by atoms with Gasteiger partial charge in [-0.05, 0) is 24.3 Å². The van der Waals surface area contributed by atoms with Crippen molar-refractivity contribution in [1.82, 2.24) is 9.46 Å². The SMILES string of the molecule is COc1ccc(-c2onc(N3CCN(S(N)(=O)=O)CC3)c2C(=O)O)cc1. The number of carboxylic acid groups (broad SMARTS) is 1. The molecule has 1 aromatic carbocycles. The summed E-state index contributed by atoms with van der Waals surface area (Å²) in [7, 11) is -2.23. The Morgan fingerprint density at radius 3 is 2.35 bits per heavy atom. The van der Waals surface area contributed by atoms with Crippen LogP contribution in [0, 0.1) is 0 Å². The van der Waals surface area contributed by atoms with E-state index in [2.05, 4.69) is 5.16 Å². The van der Waals surface area contributed by atoms with Crippen molar-refractivity contribution in [3.8, 4) is 17.1 Å². The number of aromatic nitrogens is 1. The number of hydrogen-bond donors (Lipinski definition) is 2. The van der Waals surface area contributed by atoms with Crippen molar-refractivity contribution in [3.05, 3.63) is 29.8 Å². The summed E-state index contributed by atoms with van der Waals surface area (Å²) in [6.07, 6.45) is 0. The van der Waals surface area contributed by atoms with Crippen LogP contribution in [-0.2, 0) is 10.2 Å². The van der Waals surface area contributed by atoms with Gasteiger partial charge in [0.2, 0.25) is 0 Å². The second-order valence-electron chi connectivity index (χ2n) is 5.67. The summed E-state index contributed by atoms with van der Waals surface area (Å²) in [5.41, 5.74) is 0.476. The predicted molar refractivity (Wildman–Crippen MR) is 92.3 cm³/mol. The first-order valence-corrected chi connectivity index (χ1v) is 9.22. The van der Waals surface area contributed by atoms with E-state index in [1.807, 2.05) is 0 Å². The molecule has 140 valence electrons. The van der Waals surface area contributed by atoms with Crippen LogP contribution in [0.15, 0.2) is 28.8 Å². The van der Waals surface area contributed by atoms with E-state index in [-0.39, 0.29) is 43.3 Å². The molecule has 10 nitrogen and oxygen atoms in total. The lowest BCUT2D eigenvalue weighted by atomic mass is 10.1. The molecule has 0 saturated carbocycles. The Morgan fingerprint density at radius 2 is 1.85 bits per heavy atom. The number of ether oxygens (including phenoxy) is 1. The lowest BCUT2D eigenvalue weighted by Crippen LogP contribution is -2.51. The Labute approximate surface area is 149 Å². The lowest BCUT2D eigenvalue weighted by molar-refractivity contribution is 0.0697. The van der Waals surface area contributed by atoms with E-state index in [4.69, 9.17) is 14.4 Å². The fourth-order valence-electron chi connectivity index (χ4n) is 2.78. The highest BCUT2D eigenvalue weighted by atomic mass is 32.2. The number of carboxylic acids is 1. The van der Waals surface area contributed by atoms with Crippen molar-refractivity contribution in [3.63, 3.8) is 0 Å². The highest BCUT2D eigenvalue weighted by Gasteiger charge is 2.31. The number of methoxy groups -OCH3 is 1. The molecule has 1 aliphatic rings. The first kappa shape index (κ1) is 18.2. The fraction of sp³-hybridized carbons (Fsp3) is 0.333.